The fraction of sp³-hybridized carbons (Fsp3) is 0.0556. The molecule has 0 amide bonds. The lowest BCUT2D eigenvalue weighted by Crippen LogP contribution is -2.03. The van der Waals surface area contributed by atoms with E-state index in [1.807, 2.05) is 41.0 Å². The first-order chi connectivity index (χ1) is 10.7. The number of pyridine rings is 1. The van der Waals surface area contributed by atoms with Crippen LogP contribution in [0.1, 0.15) is 5.56 Å². The number of nitrogens with zero attached hydrogens (tertiary/aromatic N) is 3. The van der Waals surface area contributed by atoms with E-state index in [9.17, 15) is 0 Å². The van der Waals surface area contributed by atoms with Crippen molar-refractivity contribution in [2.45, 2.75) is 6.92 Å². The molecule has 2 aromatic carbocycles. The van der Waals surface area contributed by atoms with Gasteiger partial charge in [0.05, 0.1) is 5.52 Å². The van der Waals surface area contributed by atoms with Gasteiger partial charge < -0.3 is 0 Å². The zero-order chi connectivity index (χ0) is 15.1. The summed E-state index contributed by atoms with van der Waals surface area (Å²) in [5, 5.41) is 2.10. The fourth-order valence-corrected chi connectivity index (χ4v) is 2.95. The summed E-state index contributed by atoms with van der Waals surface area (Å²) in [5.74, 6) is 0. The van der Waals surface area contributed by atoms with Gasteiger partial charge >= 0.3 is 0 Å². The molecular weight excluding hydrogens is 290 g/mol. The minimum Gasteiger partial charge on any atom is -0.269 e. The average molecular weight is 303 g/mol. The van der Waals surface area contributed by atoms with Crippen molar-refractivity contribution in [3.05, 3.63) is 71.1 Å². The molecule has 0 bridgehead atoms. The predicted octanol–water partition coefficient (Wildman–Crippen LogP) is 4.61. The second kappa shape index (κ2) is 5.00. The molecule has 2 aromatic heterocycles. The number of aromatic nitrogens is 3. The zero-order valence-electron chi connectivity index (χ0n) is 12.0. The smallest absolute Gasteiger partial charge is 0.205 e. The van der Waals surface area contributed by atoms with Crippen molar-refractivity contribution < 1.29 is 0 Å². The Kier molecular flexibility index (Phi) is 2.98. The molecule has 4 aromatic rings. The second-order valence-corrected chi connectivity index (χ2v) is 5.62. The van der Waals surface area contributed by atoms with Crippen LogP contribution >= 0.6 is 12.2 Å². The lowest BCUT2D eigenvalue weighted by molar-refractivity contribution is 0.988. The van der Waals surface area contributed by atoms with Crippen LogP contribution in [0.2, 0.25) is 0 Å². The van der Waals surface area contributed by atoms with E-state index in [0.717, 1.165) is 33.2 Å². The monoisotopic (exact) mass is 303 g/mol. The number of aryl methyl sites for hydroxylation is 1. The molecule has 3 nitrogen and oxygen atoms in total. The first-order valence-electron chi connectivity index (χ1n) is 7.07. The molecule has 22 heavy (non-hydrogen) atoms. The van der Waals surface area contributed by atoms with Gasteiger partial charge in [-0.3, -0.25) is 4.57 Å². The van der Waals surface area contributed by atoms with Crippen molar-refractivity contribution in [2.75, 3.05) is 0 Å². The van der Waals surface area contributed by atoms with E-state index in [1.54, 1.807) is 6.20 Å². The van der Waals surface area contributed by atoms with Crippen LogP contribution in [-0.2, 0) is 0 Å². The maximum absolute atomic E-state index is 5.43. The number of fused-ring (bicyclic) bond motifs is 2. The largest absolute Gasteiger partial charge is 0.269 e. The summed E-state index contributed by atoms with van der Waals surface area (Å²) in [4.78, 5) is 9.22. The van der Waals surface area contributed by atoms with E-state index in [2.05, 4.69) is 30.1 Å². The maximum atomic E-state index is 5.43. The van der Waals surface area contributed by atoms with Crippen molar-refractivity contribution in [3.63, 3.8) is 0 Å². The first kappa shape index (κ1) is 13.1. The molecule has 0 spiro atoms. The van der Waals surface area contributed by atoms with E-state index in [-0.39, 0.29) is 0 Å². The molecule has 2 heterocycles. The Morgan fingerprint density at radius 2 is 1.77 bits per heavy atom. The van der Waals surface area contributed by atoms with Crippen LogP contribution in [0, 0.1) is 11.7 Å². The number of para-hydroxylation sites is 2. The Balaban J connectivity index is 2.18. The molecular formula is C18H13N3S. The van der Waals surface area contributed by atoms with Crippen molar-refractivity contribution in [1.29, 1.82) is 0 Å². The number of hydrogen-bond donors (Lipinski definition) is 0. The minimum atomic E-state index is 0.513. The van der Waals surface area contributed by atoms with Crippen LogP contribution in [0.5, 0.6) is 0 Å². The van der Waals surface area contributed by atoms with E-state index < -0.39 is 0 Å². The van der Waals surface area contributed by atoms with Crippen LogP contribution in [0.4, 0.5) is 0 Å². The Morgan fingerprint density at radius 3 is 2.59 bits per heavy atom. The van der Waals surface area contributed by atoms with Crippen LogP contribution < -0.4 is 0 Å². The zero-order valence-corrected chi connectivity index (χ0v) is 12.8. The highest BCUT2D eigenvalue weighted by Gasteiger charge is 2.08. The van der Waals surface area contributed by atoms with Crippen molar-refractivity contribution in [2.24, 2.45) is 0 Å². The molecule has 0 fully saturated rings. The lowest BCUT2D eigenvalue weighted by Gasteiger charge is -2.11. The fourth-order valence-electron chi connectivity index (χ4n) is 2.71. The minimum absolute atomic E-state index is 0.513. The summed E-state index contributed by atoms with van der Waals surface area (Å²) in [6.07, 6.45) is 1.80. The average Bonchev–Trinajstić information content (AvgIpc) is 2.55. The Hall–Kier alpha value is -2.59. The van der Waals surface area contributed by atoms with Crippen molar-refractivity contribution >= 4 is 34.2 Å². The number of hydrogen-bond acceptors (Lipinski definition) is 3. The quantitative estimate of drug-likeness (QED) is 0.380. The molecule has 0 aliphatic rings. The molecule has 0 atom stereocenters. The Morgan fingerprint density at radius 1 is 0.955 bits per heavy atom. The second-order valence-electron chi connectivity index (χ2n) is 5.26. The molecule has 4 rings (SSSR count). The Labute approximate surface area is 132 Å². The van der Waals surface area contributed by atoms with Gasteiger partial charge in [-0.15, -0.1) is 0 Å². The predicted molar refractivity (Wildman–Crippen MR) is 91.9 cm³/mol. The van der Waals surface area contributed by atoms with Crippen molar-refractivity contribution in [1.82, 2.24) is 14.5 Å². The van der Waals surface area contributed by atoms with Crippen LogP contribution in [0.15, 0.2) is 60.8 Å². The third-order valence-electron chi connectivity index (χ3n) is 3.79. The summed E-state index contributed by atoms with van der Waals surface area (Å²) in [6.45, 7) is 2.07. The third-order valence-corrected chi connectivity index (χ3v) is 4.08. The number of rotatable bonds is 1. The SMILES string of the molecule is Cc1cccc2cc3cnc(=S)n(-c4ccccc4)c3nc12. The summed E-state index contributed by atoms with van der Waals surface area (Å²) in [6, 6.07) is 18.3. The van der Waals surface area contributed by atoms with Crippen molar-refractivity contribution in [3.8, 4) is 5.69 Å². The van der Waals surface area contributed by atoms with E-state index in [4.69, 9.17) is 17.2 Å². The topological polar surface area (TPSA) is 30.7 Å². The molecule has 106 valence electrons. The van der Waals surface area contributed by atoms with Gasteiger partial charge in [0.2, 0.25) is 4.77 Å². The summed E-state index contributed by atoms with van der Waals surface area (Å²) >= 11 is 5.43. The van der Waals surface area contributed by atoms with Gasteiger partial charge in [0, 0.05) is 22.7 Å². The van der Waals surface area contributed by atoms with E-state index in [0.29, 0.717) is 4.77 Å². The highest BCUT2D eigenvalue weighted by Crippen LogP contribution is 2.23. The lowest BCUT2D eigenvalue weighted by atomic mass is 10.1. The molecule has 0 saturated heterocycles. The molecule has 0 aliphatic carbocycles. The molecule has 0 N–H and O–H groups in total. The summed E-state index contributed by atoms with van der Waals surface area (Å²) in [5.41, 5.74) is 3.97. The molecule has 0 aliphatic heterocycles. The highest BCUT2D eigenvalue weighted by atomic mass is 32.1. The van der Waals surface area contributed by atoms with Gasteiger partial charge in [0.15, 0.2) is 0 Å². The molecule has 0 unspecified atom stereocenters. The van der Waals surface area contributed by atoms with Crippen LogP contribution in [-0.4, -0.2) is 14.5 Å². The van der Waals surface area contributed by atoms with Gasteiger partial charge in [-0.05, 0) is 42.9 Å². The van der Waals surface area contributed by atoms with Gasteiger partial charge in [-0.2, -0.15) is 0 Å². The third kappa shape index (κ3) is 2.00. The van der Waals surface area contributed by atoms with Gasteiger partial charge in [-0.1, -0.05) is 36.4 Å². The highest BCUT2D eigenvalue weighted by molar-refractivity contribution is 7.71. The van der Waals surface area contributed by atoms with E-state index in [1.165, 1.54) is 0 Å². The first-order valence-corrected chi connectivity index (χ1v) is 7.48. The summed E-state index contributed by atoms with van der Waals surface area (Å²) in [7, 11) is 0. The van der Waals surface area contributed by atoms with E-state index >= 15 is 0 Å². The number of benzene rings is 2. The van der Waals surface area contributed by atoms with Crippen LogP contribution in [0.3, 0.4) is 0 Å². The van der Waals surface area contributed by atoms with Gasteiger partial charge in [0.1, 0.15) is 5.65 Å². The van der Waals surface area contributed by atoms with Gasteiger partial charge in [-0.25, -0.2) is 9.97 Å². The van der Waals surface area contributed by atoms with Crippen LogP contribution in [0.25, 0.3) is 27.6 Å². The Bertz CT molecular complexity index is 1050. The standard InChI is InChI=1S/C18H13N3S/c1-12-6-5-7-13-10-14-11-19-18(22)21(17(14)20-16(12)13)15-8-3-2-4-9-15/h2-11H,1H3. The molecule has 4 heteroatoms. The normalized spacial score (nSPS) is 11.1. The molecule has 0 radical (unpaired) electrons. The van der Waals surface area contributed by atoms with Gasteiger partial charge in [0.25, 0.3) is 0 Å². The summed E-state index contributed by atoms with van der Waals surface area (Å²) < 4.78 is 2.44. The molecule has 0 saturated carbocycles. The maximum Gasteiger partial charge on any atom is 0.205 e.